The molecule has 3 fully saturated rings. The van der Waals surface area contributed by atoms with Crippen molar-refractivity contribution in [1.29, 1.82) is 0 Å². The van der Waals surface area contributed by atoms with Gasteiger partial charge in [0.05, 0.1) is 18.8 Å². The van der Waals surface area contributed by atoms with Gasteiger partial charge in [-0.15, -0.1) is 0 Å². The zero-order valence-corrected chi connectivity index (χ0v) is 14.6. The largest absolute Gasteiger partial charge is 0.377 e. The van der Waals surface area contributed by atoms with E-state index in [0.29, 0.717) is 19.3 Å². The lowest BCUT2D eigenvalue weighted by Gasteiger charge is -2.65. The molecule has 23 heavy (non-hydrogen) atoms. The van der Waals surface area contributed by atoms with Crippen molar-refractivity contribution in [2.75, 3.05) is 19.8 Å². The van der Waals surface area contributed by atoms with E-state index in [0.717, 1.165) is 32.3 Å². The highest BCUT2D eigenvalue weighted by atomic mass is 16.5. The standard InChI is InChI=1S/C18H32N2O3/c1-17(2)15-14(9-6-11-23-15)18(17,19)16(21)20-10-12-22-13-7-4-3-5-8-13/h13-15H,3-12,19H2,1-2H3,(H,20,21). The van der Waals surface area contributed by atoms with Crippen LogP contribution >= 0.6 is 0 Å². The van der Waals surface area contributed by atoms with Crippen molar-refractivity contribution in [2.24, 2.45) is 17.1 Å². The monoisotopic (exact) mass is 324 g/mol. The number of carbonyl (C=O) groups is 1. The third-order valence-electron chi connectivity index (χ3n) is 6.35. The van der Waals surface area contributed by atoms with Crippen LogP contribution in [0.25, 0.3) is 0 Å². The van der Waals surface area contributed by atoms with E-state index in [1.165, 1.54) is 19.3 Å². The molecule has 0 spiro atoms. The van der Waals surface area contributed by atoms with Crippen LogP contribution in [0.3, 0.4) is 0 Å². The number of fused-ring (bicyclic) bond motifs is 1. The molecule has 3 aliphatic rings. The van der Waals surface area contributed by atoms with Gasteiger partial charge >= 0.3 is 0 Å². The minimum atomic E-state index is -0.817. The molecule has 1 amide bonds. The molecule has 132 valence electrons. The fraction of sp³-hybridized carbons (Fsp3) is 0.944. The number of hydrogen-bond donors (Lipinski definition) is 2. The van der Waals surface area contributed by atoms with Crippen molar-refractivity contribution < 1.29 is 14.3 Å². The Labute approximate surface area is 139 Å². The lowest BCUT2D eigenvalue weighted by molar-refractivity contribution is -0.225. The van der Waals surface area contributed by atoms with Gasteiger partial charge in [0.1, 0.15) is 5.54 Å². The Hall–Kier alpha value is -0.650. The highest BCUT2D eigenvalue weighted by Crippen LogP contribution is 2.57. The smallest absolute Gasteiger partial charge is 0.241 e. The quantitative estimate of drug-likeness (QED) is 0.759. The van der Waals surface area contributed by atoms with Crippen molar-refractivity contribution in [1.82, 2.24) is 5.32 Å². The minimum Gasteiger partial charge on any atom is -0.377 e. The predicted octanol–water partition coefficient (Wildman–Crippen LogP) is 1.98. The molecular weight excluding hydrogens is 292 g/mol. The van der Waals surface area contributed by atoms with E-state index in [2.05, 4.69) is 19.2 Å². The normalized spacial score (nSPS) is 36.8. The van der Waals surface area contributed by atoms with Crippen molar-refractivity contribution in [3.63, 3.8) is 0 Å². The van der Waals surface area contributed by atoms with Crippen LogP contribution in [0.2, 0.25) is 0 Å². The molecule has 5 heteroatoms. The number of amides is 1. The summed E-state index contributed by atoms with van der Waals surface area (Å²) in [6.07, 6.45) is 8.64. The van der Waals surface area contributed by atoms with Gasteiger partial charge in [-0.05, 0) is 25.7 Å². The third-order valence-corrected chi connectivity index (χ3v) is 6.35. The maximum Gasteiger partial charge on any atom is 0.241 e. The lowest BCUT2D eigenvalue weighted by Crippen LogP contribution is -2.82. The molecule has 2 saturated carbocycles. The summed E-state index contributed by atoms with van der Waals surface area (Å²) in [6, 6.07) is 0. The Morgan fingerprint density at radius 3 is 2.70 bits per heavy atom. The molecule has 0 aromatic rings. The molecule has 2 aliphatic carbocycles. The summed E-state index contributed by atoms with van der Waals surface area (Å²) in [5.74, 6) is 0.104. The van der Waals surface area contributed by atoms with Gasteiger partial charge < -0.3 is 20.5 Å². The summed E-state index contributed by atoms with van der Waals surface area (Å²) in [4.78, 5) is 12.7. The second-order valence-electron chi connectivity index (χ2n) is 8.02. The summed E-state index contributed by atoms with van der Waals surface area (Å²) in [5, 5.41) is 3.01. The minimum absolute atomic E-state index is 0.0403. The van der Waals surface area contributed by atoms with E-state index in [1.54, 1.807) is 0 Å². The van der Waals surface area contributed by atoms with Crippen LogP contribution in [-0.2, 0) is 14.3 Å². The first kappa shape index (κ1) is 17.2. The highest BCUT2D eigenvalue weighted by molar-refractivity contribution is 5.89. The third kappa shape index (κ3) is 2.92. The maximum absolute atomic E-state index is 12.7. The summed E-state index contributed by atoms with van der Waals surface area (Å²) >= 11 is 0. The molecule has 3 N–H and O–H groups in total. The maximum atomic E-state index is 12.7. The van der Waals surface area contributed by atoms with E-state index in [4.69, 9.17) is 15.2 Å². The van der Waals surface area contributed by atoms with E-state index in [9.17, 15) is 4.79 Å². The van der Waals surface area contributed by atoms with Gasteiger partial charge in [-0.2, -0.15) is 0 Å². The SMILES string of the molecule is CC1(C)C2OCCCC2C1(N)C(=O)NCCOC1CCCCC1. The van der Waals surface area contributed by atoms with Crippen LogP contribution in [0.4, 0.5) is 0 Å². The fourth-order valence-electron chi connectivity index (χ4n) is 4.81. The van der Waals surface area contributed by atoms with Crippen molar-refractivity contribution in [3.8, 4) is 0 Å². The van der Waals surface area contributed by atoms with Crippen LogP contribution in [0.5, 0.6) is 0 Å². The number of hydrogen-bond acceptors (Lipinski definition) is 4. The molecule has 3 unspecified atom stereocenters. The molecule has 1 heterocycles. The van der Waals surface area contributed by atoms with Crippen molar-refractivity contribution in [2.45, 2.75) is 76.5 Å². The van der Waals surface area contributed by atoms with Gasteiger partial charge in [-0.25, -0.2) is 0 Å². The first-order valence-corrected chi connectivity index (χ1v) is 9.28. The van der Waals surface area contributed by atoms with E-state index in [-0.39, 0.29) is 23.3 Å². The van der Waals surface area contributed by atoms with Crippen LogP contribution < -0.4 is 11.1 Å². The van der Waals surface area contributed by atoms with E-state index >= 15 is 0 Å². The van der Waals surface area contributed by atoms with Crippen LogP contribution in [-0.4, -0.2) is 43.4 Å². The number of nitrogens with one attached hydrogen (secondary N) is 1. The molecule has 1 saturated heterocycles. The molecule has 0 aromatic carbocycles. The Kier molecular flexibility index (Phi) is 5.00. The van der Waals surface area contributed by atoms with Gasteiger partial charge in [-0.1, -0.05) is 33.1 Å². The van der Waals surface area contributed by atoms with E-state index < -0.39 is 5.54 Å². The van der Waals surface area contributed by atoms with Gasteiger partial charge in [0.25, 0.3) is 0 Å². The van der Waals surface area contributed by atoms with Gasteiger partial charge in [0, 0.05) is 24.5 Å². The van der Waals surface area contributed by atoms with Gasteiger partial charge in [0.2, 0.25) is 5.91 Å². The first-order chi connectivity index (χ1) is 11.0. The first-order valence-electron chi connectivity index (χ1n) is 9.28. The summed E-state index contributed by atoms with van der Waals surface area (Å²) in [6.45, 7) is 6.02. The summed E-state index contributed by atoms with van der Waals surface area (Å²) in [5.41, 5.74) is 5.44. The van der Waals surface area contributed by atoms with Crippen LogP contribution in [0.1, 0.15) is 58.8 Å². The number of nitrogens with two attached hydrogens (primary N) is 1. The van der Waals surface area contributed by atoms with Crippen LogP contribution in [0, 0.1) is 11.3 Å². The summed E-state index contributed by atoms with van der Waals surface area (Å²) in [7, 11) is 0. The number of rotatable bonds is 5. The zero-order valence-electron chi connectivity index (χ0n) is 14.6. The van der Waals surface area contributed by atoms with Crippen molar-refractivity contribution >= 4 is 5.91 Å². The average Bonchev–Trinajstić information content (AvgIpc) is 2.58. The number of carbonyl (C=O) groups excluding carboxylic acids is 1. The predicted molar refractivity (Wildman–Crippen MR) is 89.0 cm³/mol. The Morgan fingerprint density at radius 2 is 1.96 bits per heavy atom. The molecule has 5 nitrogen and oxygen atoms in total. The molecule has 1 aliphatic heterocycles. The number of ether oxygens (including phenoxy) is 2. The van der Waals surface area contributed by atoms with Crippen LogP contribution in [0.15, 0.2) is 0 Å². The molecular formula is C18H32N2O3. The second kappa shape index (κ2) is 6.69. The second-order valence-corrected chi connectivity index (χ2v) is 8.02. The lowest BCUT2D eigenvalue weighted by atomic mass is 9.46. The average molecular weight is 324 g/mol. The zero-order chi connectivity index (χ0) is 16.5. The Balaban J connectivity index is 1.47. The summed E-state index contributed by atoms with van der Waals surface area (Å²) < 4.78 is 11.7. The van der Waals surface area contributed by atoms with E-state index in [1.807, 2.05) is 0 Å². The Morgan fingerprint density at radius 1 is 1.22 bits per heavy atom. The van der Waals surface area contributed by atoms with Crippen molar-refractivity contribution in [3.05, 3.63) is 0 Å². The highest BCUT2D eigenvalue weighted by Gasteiger charge is 2.70. The molecule has 0 aromatic heterocycles. The topological polar surface area (TPSA) is 73.6 Å². The molecule has 3 atom stereocenters. The fourth-order valence-corrected chi connectivity index (χ4v) is 4.81. The Bertz CT molecular complexity index is 434. The molecule has 0 bridgehead atoms. The van der Waals surface area contributed by atoms with Gasteiger partial charge in [-0.3, -0.25) is 4.79 Å². The molecule has 0 radical (unpaired) electrons. The van der Waals surface area contributed by atoms with Gasteiger partial charge in [0.15, 0.2) is 0 Å². The molecule has 3 rings (SSSR count).